The van der Waals surface area contributed by atoms with E-state index in [0.29, 0.717) is 28.0 Å². The second kappa shape index (κ2) is 9.58. The first-order valence-corrected chi connectivity index (χ1v) is 13.0. The van der Waals surface area contributed by atoms with Gasteiger partial charge in [-0.1, -0.05) is 25.3 Å². The fourth-order valence-electron chi connectivity index (χ4n) is 5.65. The van der Waals surface area contributed by atoms with Gasteiger partial charge in [0, 0.05) is 36.7 Å². The van der Waals surface area contributed by atoms with Crippen LogP contribution in [0.5, 0.6) is 0 Å². The highest BCUT2D eigenvalue weighted by Crippen LogP contribution is 2.49. The van der Waals surface area contributed by atoms with Gasteiger partial charge in [0.2, 0.25) is 0 Å². The predicted octanol–water partition coefficient (Wildman–Crippen LogP) is 5.17. The summed E-state index contributed by atoms with van der Waals surface area (Å²) < 4.78 is 7.21. The monoisotopic (exact) mass is 498 g/mol. The summed E-state index contributed by atoms with van der Waals surface area (Å²) >= 11 is 1.24. The maximum Gasteiger partial charge on any atom is 0.347 e. The Morgan fingerprint density at radius 2 is 2.09 bits per heavy atom. The maximum absolute atomic E-state index is 12.8. The quantitative estimate of drug-likeness (QED) is 0.283. The van der Waals surface area contributed by atoms with Crippen molar-refractivity contribution in [3.8, 4) is 10.4 Å². The number of aliphatic hydroxyl groups is 1. The van der Waals surface area contributed by atoms with Crippen LogP contribution in [-0.4, -0.2) is 51.9 Å². The highest BCUT2D eigenvalue weighted by molar-refractivity contribution is 7.20. The average Bonchev–Trinajstić information content (AvgIpc) is 3.58. The van der Waals surface area contributed by atoms with Gasteiger partial charge in [-0.15, -0.1) is 11.3 Å². The van der Waals surface area contributed by atoms with Gasteiger partial charge in [-0.25, -0.2) is 9.78 Å². The molecule has 2 atom stereocenters. The minimum absolute atomic E-state index is 0.0178. The number of hydrogen-bond acceptors (Lipinski definition) is 8. The molecule has 1 saturated carbocycles. The number of nitrogens with zero attached hydrogens (tertiary/aromatic N) is 4. The van der Waals surface area contributed by atoms with Crippen molar-refractivity contribution in [3.63, 3.8) is 0 Å². The fraction of sp³-hybridized carbons (Fsp3) is 0.520. The predicted molar refractivity (Wildman–Crippen MR) is 135 cm³/mol. The molecule has 1 aliphatic carbocycles. The van der Waals surface area contributed by atoms with Crippen LogP contribution in [-0.2, 0) is 4.74 Å². The fourth-order valence-corrected chi connectivity index (χ4v) is 7.02. The molecule has 1 aromatic carbocycles. The van der Waals surface area contributed by atoms with Crippen molar-refractivity contribution in [2.24, 2.45) is 5.92 Å². The average molecular weight is 499 g/mol. The topological polar surface area (TPSA) is 111 Å². The molecule has 10 heteroatoms. The van der Waals surface area contributed by atoms with Crippen LogP contribution in [0.1, 0.15) is 61.8 Å². The molecule has 2 fully saturated rings. The zero-order chi connectivity index (χ0) is 24.7. The zero-order valence-electron chi connectivity index (χ0n) is 20.0. The van der Waals surface area contributed by atoms with E-state index in [1.54, 1.807) is 0 Å². The molecule has 35 heavy (non-hydrogen) atoms. The summed E-state index contributed by atoms with van der Waals surface area (Å²) in [5, 5.41) is 22.5. The van der Waals surface area contributed by atoms with Gasteiger partial charge in [0.05, 0.1) is 29.4 Å². The Balaban J connectivity index is 1.61. The lowest BCUT2D eigenvalue weighted by molar-refractivity contribution is -0.384. The number of esters is 1. The van der Waals surface area contributed by atoms with Gasteiger partial charge in [0.15, 0.2) is 5.56 Å². The van der Waals surface area contributed by atoms with Crippen LogP contribution < -0.4 is 4.90 Å². The van der Waals surface area contributed by atoms with Gasteiger partial charge in [-0.05, 0) is 38.3 Å². The molecule has 3 heterocycles. The maximum atomic E-state index is 12.8. The molecule has 0 radical (unpaired) electrons. The summed E-state index contributed by atoms with van der Waals surface area (Å²) in [6.45, 7) is 2.57. The lowest BCUT2D eigenvalue weighted by Crippen LogP contribution is -2.27. The third-order valence-electron chi connectivity index (χ3n) is 7.42. The van der Waals surface area contributed by atoms with Crippen molar-refractivity contribution in [3.05, 3.63) is 40.2 Å². The lowest BCUT2D eigenvalue weighted by Gasteiger charge is -2.23. The van der Waals surface area contributed by atoms with E-state index in [1.807, 2.05) is 36.4 Å². The number of nitro groups is 1. The zero-order valence-corrected chi connectivity index (χ0v) is 20.8. The standard InChI is InChI=1S/C25H30N4O5S/c1-15-10-16(13-30)12-27(15)24-21(25(31)34-2)22(29(32)33)23(35-24)17-8-9-20-19(11-17)26-14-28(20)18-6-4-3-5-7-18/h8-9,11,14-16,18,30H,3-7,10,12-13H2,1-2H3/t15-,16-/m0/s1. The number of carbonyl (C=O) groups excluding carboxylic acids is 1. The molecule has 3 aromatic rings. The van der Waals surface area contributed by atoms with Gasteiger partial charge in [0.1, 0.15) is 9.88 Å². The van der Waals surface area contributed by atoms with Crippen molar-refractivity contribution in [1.29, 1.82) is 0 Å². The lowest BCUT2D eigenvalue weighted by atomic mass is 9.95. The largest absolute Gasteiger partial charge is 0.465 e. The van der Waals surface area contributed by atoms with E-state index in [9.17, 15) is 20.0 Å². The van der Waals surface area contributed by atoms with E-state index < -0.39 is 10.9 Å². The number of fused-ring (bicyclic) bond motifs is 1. The SMILES string of the molecule is COC(=O)c1c(N2C[C@@H](CO)C[C@@H]2C)sc(-c2ccc3c(c2)ncn3C2CCCCC2)c1[N+](=O)[O-]. The van der Waals surface area contributed by atoms with Gasteiger partial charge < -0.3 is 19.3 Å². The smallest absolute Gasteiger partial charge is 0.347 e. The van der Waals surface area contributed by atoms with Gasteiger partial charge >= 0.3 is 11.7 Å². The molecule has 5 rings (SSSR count). The molecule has 0 amide bonds. The Morgan fingerprint density at radius 1 is 1.31 bits per heavy atom. The minimum atomic E-state index is -0.725. The molecule has 0 unspecified atom stereocenters. The van der Waals surface area contributed by atoms with E-state index >= 15 is 0 Å². The number of carbonyl (C=O) groups is 1. The first kappa shape index (κ1) is 23.7. The Morgan fingerprint density at radius 3 is 2.74 bits per heavy atom. The summed E-state index contributed by atoms with van der Waals surface area (Å²) in [5.41, 5.74) is 2.21. The summed E-state index contributed by atoms with van der Waals surface area (Å²) in [4.78, 5) is 31.6. The van der Waals surface area contributed by atoms with Gasteiger partial charge in [-0.3, -0.25) is 10.1 Å². The Labute approximate surface area is 207 Å². The van der Waals surface area contributed by atoms with E-state index in [2.05, 4.69) is 9.55 Å². The van der Waals surface area contributed by atoms with Crippen molar-refractivity contribution in [2.45, 2.75) is 57.5 Å². The van der Waals surface area contributed by atoms with Crippen LogP contribution in [0.25, 0.3) is 21.5 Å². The molecule has 1 N–H and O–H groups in total. The van der Waals surface area contributed by atoms with Crippen LogP contribution in [0.4, 0.5) is 10.7 Å². The number of rotatable bonds is 6. The van der Waals surface area contributed by atoms with Crippen molar-refractivity contribution in [2.75, 3.05) is 25.2 Å². The number of aliphatic hydroxyl groups excluding tert-OH is 1. The highest BCUT2D eigenvalue weighted by atomic mass is 32.1. The molecule has 1 saturated heterocycles. The summed E-state index contributed by atoms with van der Waals surface area (Å²) in [6, 6.07) is 6.21. The van der Waals surface area contributed by atoms with E-state index in [0.717, 1.165) is 30.3 Å². The summed E-state index contributed by atoms with van der Waals surface area (Å²) in [6.07, 6.45) is 8.61. The van der Waals surface area contributed by atoms with E-state index in [4.69, 9.17) is 4.74 Å². The number of imidazole rings is 1. The Kier molecular flexibility index (Phi) is 6.50. The second-order valence-corrected chi connectivity index (χ2v) is 10.6. The molecule has 2 aromatic heterocycles. The molecule has 0 bridgehead atoms. The third kappa shape index (κ3) is 4.18. The molecule has 2 aliphatic rings. The number of ether oxygens (including phenoxy) is 1. The normalized spacial score (nSPS) is 21.1. The molecular weight excluding hydrogens is 468 g/mol. The first-order valence-electron chi connectivity index (χ1n) is 12.2. The summed E-state index contributed by atoms with van der Waals surface area (Å²) in [5.74, 6) is -0.670. The number of aromatic nitrogens is 2. The van der Waals surface area contributed by atoms with Crippen LogP contribution in [0.15, 0.2) is 24.5 Å². The Bertz CT molecular complexity index is 1260. The summed E-state index contributed by atoms with van der Waals surface area (Å²) in [7, 11) is 1.24. The van der Waals surface area contributed by atoms with Crippen LogP contribution >= 0.6 is 11.3 Å². The van der Waals surface area contributed by atoms with Crippen LogP contribution in [0.3, 0.4) is 0 Å². The molecular formula is C25H30N4O5S. The second-order valence-electron chi connectivity index (χ2n) is 9.64. The minimum Gasteiger partial charge on any atom is -0.465 e. The van der Waals surface area contributed by atoms with Crippen molar-refractivity contribution < 1.29 is 19.6 Å². The third-order valence-corrected chi connectivity index (χ3v) is 8.69. The molecule has 186 valence electrons. The number of benzene rings is 1. The molecule has 1 aliphatic heterocycles. The molecule has 9 nitrogen and oxygen atoms in total. The number of methoxy groups -OCH3 is 1. The van der Waals surface area contributed by atoms with Gasteiger partial charge in [-0.2, -0.15) is 0 Å². The van der Waals surface area contributed by atoms with Crippen molar-refractivity contribution in [1.82, 2.24) is 9.55 Å². The van der Waals surface area contributed by atoms with Crippen LogP contribution in [0.2, 0.25) is 0 Å². The molecule has 0 spiro atoms. The number of anilines is 1. The van der Waals surface area contributed by atoms with E-state index in [-0.39, 0.29) is 29.8 Å². The number of hydrogen-bond donors (Lipinski definition) is 1. The van der Waals surface area contributed by atoms with Crippen molar-refractivity contribution >= 4 is 39.0 Å². The van der Waals surface area contributed by atoms with E-state index in [1.165, 1.54) is 37.7 Å². The number of thiophene rings is 1. The van der Waals surface area contributed by atoms with Gasteiger partial charge in [0.25, 0.3) is 0 Å². The van der Waals surface area contributed by atoms with Crippen LogP contribution in [0, 0.1) is 16.0 Å². The Hall–Kier alpha value is -2.98. The first-order chi connectivity index (χ1) is 16.9. The highest BCUT2D eigenvalue weighted by Gasteiger charge is 2.39.